The molecule has 0 spiro atoms. The summed E-state index contributed by atoms with van der Waals surface area (Å²) in [4.78, 5) is 22.3. The zero-order valence-corrected chi connectivity index (χ0v) is 12.3. The molecule has 0 saturated carbocycles. The van der Waals surface area contributed by atoms with Crippen molar-refractivity contribution in [1.29, 1.82) is 0 Å². The lowest BCUT2D eigenvalue weighted by atomic mass is 10.1. The number of rotatable bonds is 5. The predicted molar refractivity (Wildman–Crippen MR) is 84.2 cm³/mol. The van der Waals surface area contributed by atoms with Crippen LogP contribution in [-0.2, 0) is 0 Å². The Kier molecular flexibility index (Phi) is 4.68. The van der Waals surface area contributed by atoms with E-state index in [-0.39, 0.29) is 11.5 Å². The molecule has 2 aromatic rings. The zero-order valence-electron chi connectivity index (χ0n) is 12.3. The first kappa shape index (κ1) is 15.4. The first-order chi connectivity index (χ1) is 10.5. The zero-order chi connectivity index (χ0) is 16.1. The van der Waals surface area contributed by atoms with Gasteiger partial charge >= 0.3 is 0 Å². The van der Waals surface area contributed by atoms with Gasteiger partial charge in [0.25, 0.3) is 5.69 Å². The number of hydrogen-bond acceptors (Lipinski definition) is 4. The van der Waals surface area contributed by atoms with Crippen molar-refractivity contribution >= 4 is 17.5 Å². The second kappa shape index (κ2) is 6.67. The first-order valence-electron chi connectivity index (χ1n) is 6.63. The number of benzene rings is 2. The molecular formula is C17H15NO4. The lowest BCUT2D eigenvalue weighted by Crippen LogP contribution is -1.99. The van der Waals surface area contributed by atoms with Gasteiger partial charge in [-0.25, -0.2) is 0 Å². The second-order valence-electron chi connectivity index (χ2n) is 4.75. The SMILES string of the molecule is COc1cc(C)ccc1C(=O)/C=C/c1ccc([N+](=O)[O-])cc1. The maximum absolute atomic E-state index is 12.2. The summed E-state index contributed by atoms with van der Waals surface area (Å²) in [6, 6.07) is 11.3. The lowest BCUT2D eigenvalue weighted by Gasteiger charge is -2.06. The third-order valence-electron chi connectivity index (χ3n) is 3.15. The molecule has 5 heteroatoms. The highest BCUT2D eigenvalue weighted by molar-refractivity contribution is 6.08. The minimum Gasteiger partial charge on any atom is -0.496 e. The highest BCUT2D eigenvalue weighted by atomic mass is 16.6. The van der Waals surface area contributed by atoms with E-state index in [2.05, 4.69) is 0 Å². The largest absolute Gasteiger partial charge is 0.496 e. The minimum absolute atomic E-state index is 0.0173. The van der Waals surface area contributed by atoms with Crippen LogP contribution in [0.1, 0.15) is 21.5 Å². The Bertz CT molecular complexity index is 733. The Morgan fingerprint density at radius 2 is 1.86 bits per heavy atom. The van der Waals surface area contributed by atoms with E-state index in [1.807, 2.05) is 13.0 Å². The quantitative estimate of drug-likeness (QED) is 0.364. The molecule has 0 heterocycles. The molecule has 0 amide bonds. The normalized spacial score (nSPS) is 10.6. The number of ether oxygens (including phenoxy) is 1. The maximum Gasteiger partial charge on any atom is 0.269 e. The lowest BCUT2D eigenvalue weighted by molar-refractivity contribution is -0.384. The molecule has 0 atom stereocenters. The third kappa shape index (κ3) is 3.58. The molecule has 0 aliphatic heterocycles. The van der Waals surface area contributed by atoms with Gasteiger partial charge in [-0.05, 0) is 48.4 Å². The summed E-state index contributed by atoms with van der Waals surface area (Å²) in [5.41, 5.74) is 2.22. The van der Waals surface area contributed by atoms with Crippen molar-refractivity contribution in [3.63, 3.8) is 0 Å². The van der Waals surface area contributed by atoms with Gasteiger partial charge in [0.1, 0.15) is 5.75 Å². The van der Waals surface area contributed by atoms with Crippen LogP contribution < -0.4 is 4.74 Å². The average molecular weight is 297 g/mol. The highest BCUT2D eigenvalue weighted by Gasteiger charge is 2.09. The van der Waals surface area contributed by atoms with Crippen molar-refractivity contribution < 1.29 is 14.5 Å². The van der Waals surface area contributed by atoms with Crippen LogP contribution in [0.5, 0.6) is 5.75 Å². The van der Waals surface area contributed by atoms with Crippen molar-refractivity contribution in [2.45, 2.75) is 6.92 Å². The molecule has 0 N–H and O–H groups in total. The molecule has 22 heavy (non-hydrogen) atoms. The predicted octanol–water partition coefficient (Wildman–Crippen LogP) is 3.81. The van der Waals surface area contributed by atoms with Crippen LogP contribution in [0.15, 0.2) is 48.5 Å². The summed E-state index contributed by atoms with van der Waals surface area (Å²) in [7, 11) is 1.52. The number of allylic oxidation sites excluding steroid dienone is 1. The molecule has 0 fully saturated rings. The second-order valence-corrected chi connectivity index (χ2v) is 4.75. The van der Waals surface area contributed by atoms with E-state index in [0.29, 0.717) is 16.9 Å². The number of nitro groups is 1. The third-order valence-corrected chi connectivity index (χ3v) is 3.15. The molecule has 0 saturated heterocycles. The molecule has 0 bridgehead atoms. The Labute approximate surface area is 128 Å². The van der Waals surface area contributed by atoms with Crippen molar-refractivity contribution in [3.8, 4) is 5.75 Å². The number of ketones is 1. The van der Waals surface area contributed by atoms with Gasteiger partial charge in [0, 0.05) is 12.1 Å². The monoisotopic (exact) mass is 297 g/mol. The van der Waals surface area contributed by atoms with Gasteiger partial charge in [-0.1, -0.05) is 12.1 Å². The summed E-state index contributed by atoms with van der Waals surface area (Å²) < 4.78 is 5.21. The topological polar surface area (TPSA) is 69.4 Å². The van der Waals surface area contributed by atoms with Crippen LogP contribution in [-0.4, -0.2) is 17.8 Å². The number of carbonyl (C=O) groups is 1. The molecule has 0 aromatic heterocycles. The number of aryl methyl sites for hydroxylation is 1. The van der Waals surface area contributed by atoms with Gasteiger partial charge in [-0.15, -0.1) is 0 Å². The van der Waals surface area contributed by atoms with E-state index < -0.39 is 4.92 Å². The molecule has 0 aliphatic carbocycles. The number of non-ortho nitro benzene ring substituents is 1. The fourth-order valence-electron chi connectivity index (χ4n) is 1.97. The number of methoxy groups -OCH3 is 1. The molecular weight excluding hydrogens is 282 g/mol. The summed E-state index contributed by atoms with van der Waals surface area (Å²) in [5.74, 6) is 0.341. The van der Waals surface area contributed by atoms with Crippen LogP contribution in [0.3, 0.4) is 0 Å². The molecule has 5 nitrogen and oxygen atoms in total. The average Bonchev–Trinajstić information content (AvgIpc) is 2.52. The van der Waals surface area contributed by atoms with Crippen molar-refractivity contribution in [2.75, 3.05) is 7.11 Å². The van der Waals surface area contributed by atoms with Crippen molar-refractivity contribution in [2.24, 2.45) is 0 Å². The fraction of sp³-hybridized carbons (Fsp3) is 0.118. The fourth-order valence-corrected chi connectivity index (χ4v) is 1.97. The smallest absolute Gasteiger partial charge is 0.269 e. The van der Waals surface area contributed by atoms with Crippen LogP contribution in [0, 0.1) is 17.0 Å². The van der Waals surface area contributed by atoms with Crippen LogP contribution >= 0.6 is 0 Å². The van der Waals surface area contributed by atoms with Gasteiger partial charge < -0.3 is 4.74 Å². The minimum atomic E-state index is -0.462. The van der Waals surface area contributed by atoms with E-state index in [0.717, 1.165) is 5.56 Å². The van der Waals surface area contributed by atoms with Crippen LogP contribution in [0.4, 0.5) is 5.69 Å². The summed E-state index contributed by atoms with van der Waals surface area (Å²) in [6.07, 6.45) is 3.04. The van der Waals surface area contributed by atoms with Gasteiger partial charge in [-0.2, -0.15) is 0 Å². The maximum atomic E-state index is 12.2. The van der Waals surface area contributed by atoms with Gasteiger partial charge in [0.2, 0.25) is 0 Å². The molecule has 2 rings (SSSR count). The van der Waals surface area contributed by atoms with Crippen LogP contribution in [0.2, 0.25) is 0 Å². The number of nitrogens with zero attached hydrogens (tertiary/aromatic N) is 1. The Morgan fingerprint density at radius 1 is 1.18 bits per heavy atom. The van der Waals surface area contributed by atoms with Crippen LogP contribution in [0.25, 0.3) is 6.08 Å². The molecule has 0 unspecified atom stereocenters. The highest BCUT2D eigenvalue weighted by Crippen LogP contribution is 2.21. The first-order valence-corrected chi connectivity index (χ1v) is 6.63. The van der Waals surface area contributed by atoms with E-state index in [4.69, 9.17) is 4.74 Å². The Balaban J connectivity index is 2.19. The van der Waals surface area contributed by atoms with Gasteiger partial charge in [0.15, 0.2) is 5.78 Å². The molecule has 0 aliphatic rings. The van der Waals surface area contributed by atoms with Gasteiger partial charge in [-0.3, -0.25) is 14.9 Å². The van der Waals surface area contributed by atoms with E-state index in [9.17, 15) is 14.9 Å². The summed E-state index contributed by atoms with van der Waals surface area (Å²) >= 11 is 0. The number of nitro benzene ring substituents is 1. The molecule has 2 aromatic carbocycles. The standard InChI is InChI=1S/C17H15NO4/c1-12-3-9-15(17(11-12)22-2)16(19)10-6-13-4-7-14(8-5-13)18(20)21/h3-11H,1-2H3/b10-6+. The van der Waals surface area contributed by atoms with E-state index in [1.54, 1.807) is 30.3 Å². The van der Waals surface area contributed by atoms with E-state index in [1.165, 1.54) is 25.3 Å². The summed E-state index contributed by atoms with van der Waals surface area (Å²) in [5, 5.41) is 10.6. The van der Waals surface area contributed by atoms with Crippen molar-refractivity contribution in [3.05, 3.63) is 75.3 Å². The Hall–Kier alpha value is -2.95. The molecule has 0 radical (unpaired) electrons. The number of carbonyl (C=O) groups excluding carboxylic acids is 1. The van der Waals surface area contributed by atoms with E-state index >= 15 is 0 Å². The van der Waals surface area contributed by atoms with Crippen molar-refractivity contribution in [1.82, 2.24) is 0 Å². The van der Waals surface area contributed by atoms with Gasteiger partial charge in [0.05, 0.1) is 17.6 Å². The summed E-state index contributed by atoms with van der Waals surface area (Å²) in [6.45, 7) is 1.92. The Morgan fingerprint density at radius 3 is 2.45 bits per heavy atom. The number of hydrogen-bond donors (Lipinski definition) is 0. The molecule has 112 valence electrons.